The summed E-state index contributed by atoms with van der Waals surface area (Å²) in [5, 5.41) is 1.29. The zero-order chi connectivity index (χ0) is 42.6. The van der Waals surface area contributed by atoms with Crippen LogP contribution in [0.2, 0.25) is 0 Å². The minimum Gasteiger partial charge on any atom is -0.311 e. The molecular weight excluding hydrogens is 756 g/mol. The van der Waals surface area contributed by atoms with Gasteiger partial charge >= 0.3 is 0 Å². The first-order valence-corrected chi connectivity index (χ1v) is 22.7. The van der Waals surface area contributed by atoms with Crippen LogP contribution in [-0.2, 0) is 16.2 Å². The molecule has 2 nitrogen and oxygen atoms in total. The summed E-state index contributed by atoms with van der Waals surface area (Å²) in [5.74, 6) is 0. The molecule has 7 aromatic carbocycles. The van der Waals surface area contributed by atoms with Crippen molar-refractivity contribution < 1.29 is 0 Å². The van der Waals surface area contributed by atoms with Gasteiger partial charge in [0.1, 0.15) is 0 Å². The van der Waals surface area contributed by atoms with Crippen LogP contribution in [0.1, 0.15) is 84.6 Å². The van der Waals surface area contributed by atoms with Crippen molar-refractivity contribution in [2.75, 3.05) is 9.80 Å². The van der Waals surface area contributed by atoms with Gasteiger partial charge in [-0.3, -0.25) is 0 Å². The lowest BCUT2D eigenvalue weighted by atomic mass is 9.33. The second-order valence-corrected chi connectivity index (χ2v) is 21.5. The Balaban J connectivity index is 1.28. The molecule has 2 aliphatic heterocycles. The number of aryl methyl sites for hydroxylation is 1. The number of hydrogen-bond acceptors (Lipinski definition) is 3. The summed E-state index contributed by atoms with van der Waals surface area (Å²) in [7, 11) is 0. The smallest absolute Gasteiger partial charge is 0.252 e. The Kier molecular flexibility index (Phi) is 9.09. The molecular formula is C57H55BN2S. The van der Waals surface area contributed by atoms with Gasteiger partial charge in [0.05, 0.1) is 5.69 Å². The average Bonchev–Trinajstić information content (AvgIpc) is 3.67. The van der Waals surface area contributed by atoms with Crippen molar-refractivity contribution in [2.45, 2.75) is 85.5 Å². The lowest BCUT2D eigenvalue weighted by Crippen LogP contribution is -2.61. The number of anilines is 6. The molecule has 0 spiro atoms. The third-order valence-corrected chi connectivity index (χ3v) is 14.1. The van der Waals surface area contributed by atoms with Gasteiger partial charge in [-0.15, -0.1) is 11.3 Å². The molecule has 0 N–H and O–H groups in total. The number of nitrogens with zero attached hydrogens (tertiary/aromatic N) is 2. The Morgan fingerprint density at radius 1 is 0.443 bits per heavy atom. The van der Waals surface area contributed by atoms with Gasteiger partial charge in [-0.05, 0) is 139 Å². The summed E-state index contributed by atoms with van der Waals surface area (Å²) >= 11 is 1.87. The van der Waals surface area contributed by atoms with Crippen LogP contribution < -0.4 is 26.2 Å². The van der Waals surface area contributed by atoms with E-state index in [0.717, 1.165) is 0 Å². The summed E-state index contributed by atoms with van der Waals surface area (Å²) in [6, 6.07) is 58.1. The standard InChI is InChI=1S/C57H55BN2S/c1-36-30-50-54-51(31-36)60(47-27-20-39(32-44(47)37-16-12-11-13-17-37)53-33-38-18-14-15-19-52(38)61-53)49-29-24-42(57(8,9)10)35-46(49)58(54)45-34-41(56(5,6)7)23-28-48(45)59(50)43-25-21-40(22-26-43)55(2,3)4/h11-35H,1-10H3. The fourth-order valence-electron chi connectivity index (χ4n) is 9.58. The molecule has 10 rings (SSSR count). The van der Waals surface area contributed by atoms with E-state index in [9.17, 15) is 0 Å². The van der Waals surface area contributed by atoms with Crippen molar-refractivity contribution >= 4 is 78.6 Å². The second kappa shape index (κ2) is 14.1. The van der Waals surface area contributed by atoms with Crippen LogP contribution in [0.3, 0.4) is 0 Å². The summed E-state index contributed by atoms with van der Waals surface area (Å²) in [6.45, 7) is 23.2. The van der Waals surface area contributed by atoms with Gasteiger partial charge in [0.15, 0.2) is 0 Å². The minimum atomic E-state index is -0.0249. The van der Waals surface area contributed by atoms with Gasteiger partial charge in [-0.25, -0.2) is 0 Å². The third kappa shape index (κ3) is 6.71. The van der Waals surface area contributed by atoms with Gasteiger partial charge in [-0.1, -0.05) is 153 Å². The third-order valence-electron chi connectivity index (χ3n) is 13.0. The van der Waals surface area contributed by atoms with Crippen LogP contribution in [-0.4, -0.2) is 6.71 Å². The maximum atomic E-state index is 2.60. The molecule has 302 valence electrons. The molecule has 0 fully saturated rings. The van der Waals surface area contributed by atoms with Crippen LogP contribution >= 0.6 is 11.3 Å². The minimum absolute atomic E-state index is 0.0118. The Morgan fingerprint density at radius 3 is 1.59 bits per heavy atom. The number of benzene rings is 7. The first kappa shape index (κ1) is 39.3. The SMILES string of the molecule is Cc1cc2c3c(c1)N(c1ccc(-c4cc5ccccc5s4)cc1-c1ccccc1)c1ccc(C(C)(C)C)cc1B3c1cc(C(C)(C)C)ccc1N2c1ccc(C(C)(C)C)cc1. The normalized spacial score (nSPS) is 13.6. The van der Waals surface area contributed by atoms with Gasteiger partial charge < -0.3 is 9.80 Å². The topological polar surface area (TPSA) is 6.48 Å². The largest absolute Gasteiger partial charge is 0.311 e. The Morgan fingerprint density at radius 2 is 0.984 bits per heavy atom. The maximum Gasteiger partial charge on any atom is 0.252 e. The van der Waals surface area contributed by atoms with Crippen LogP contribution in [0.4, 0.5) is 34.1 Å². The lowest BCUT2D eigenvalue weighted by molar-refractivity contribution is 0.590. The van der Waals surface area contributed by atoms with Crippen molar-refractivity contribution in [1.29, 1.82) is 0 Å². The van der Waals surface area contributed by atoms with E-state index in [-0.39, 0.29) is 23.0 Å². The van der Waals surface area contributed by atoms with E-state index in [2.05, 4.69) is 231 Å². The molecule has 8 aromatic rings. The van der Waals surface area contributed by atoms with E-state index in [1.165, 1.54) is 104 Å². The highest BCUT2D eigenvalue weighted by Crippen LogP contribution is 2.49. The van der Waals surface area contributed by atoms with Gasteiger partial charge in [-0.2, -0.15) is 0 Å². The molecule has 61 heavy (non-hydrogen) atoms. The summed E-state index contributed by atoms with van der Waals surface area (Å²) < 4.78 is 1.31. The number of rotatable bonds is 4. The van der Waals surface area contributed by atoms with Crippen molar-refractivity contribution in [3.05, 3.63) is 174 Å². The number of thiophene rings is 1. The molecule has 0 unspecified atom stereocenters. The van der Waals surface area contributed by atoms with Crippen LogP contribution in [0.25, 0.3) is 31.7 Å². The molecule has 0 bridgehead atoms. The summed E-state index contributed by atoms with van der Waals surface area (Å²) in [5.41, 5.74) is 20.4. The van der Waals surface area contributed by atoms with Gasteiger partial charge in [0, 0.05) is 43.6 Å². The molecule has 1 aromatic heterocycles. The predicted molar refractivity (Wildman–Crippen MR) is 268 cm³/mol. The summed E-state index contributed by atoms with van der Waals surface area (Å²) in [4.78, 5) is 6.43. The highest BCUT2D eigenvalue weighted by Gasteiger charge is 2.44. The van der Waals surface area contributed by atoms with Crippen LogP contribution in [0, 0.1) is 6.92 Å². The lowest BCUT2D eigenvalue weighted by Gasteiger charge is -2.45. The Bertz CT molecular complexity index is 2960. The highest BCUT2D eigenvalue weighted by atomic mass is 32.1. The van der Waals surface area contributed by atoms with Gasteiger partial charge in [0.25, 0.3) is 6.71 Å². The van der Waals surface area contributed by atoms with E-state index >= 15 is 0 Å². The Labute approximate surface area is 367 Å². The number of fused-ring (bicyclic) bond motifs is 5. The molecule has 3 heterocycles. The van der Waals surface area contributed by atoms with Crippen molar-refractivity contribution in [3.8, 4) is 21.6 Å². The molecule has 0 amide bonds. The van der Waals surface area contributed by atoms with Crippen molar-refractivity contribution in [3.63, 3.8) is 0 Å². The van der Waals surface area contributed by atoms with Crippen molar-refractivity contribution in [1.82, 2.24) is 0 Å². The maximum absolute atomic E-state index is 2.60. The van der Waals surface area contributed by atoms with E-state index in [1.54, 1.807) is 0 Å². The van der Waals surface area contributed by atoms with Crippen LogP contribution in [0.5, 0.6) is 0 Å². The molecule has 0 saturated heterocycles. The Hall–Kier alpha value is -5.84. The molecule has 0 atom stereocenters. The highest BCUT2D eigenvalue weighted by molar-refractivity contribution is 7.22. The van der Waals surface area contributed by atoms with E-state index in [1.807, 2.05) is 11.3 Å². The first-order valence-electron chi connectivity index (χ1n) is 21.9. The first-order chi connectivity index (χ1) is 29.0. The van der Waals surface area contributed by atoms with Gasteiger partial charge in [0.2, 0.25) is 0 Å². The van der Waals surface area contributed by atoms with Crippen molar-refractivity contribution in [2.24, 2.45) is 0 Å². The summed E-state index contributed by atoms with van der Waals surface area (Å²) in [6.07, 6.45) is 0. The molecule has 0 aliphatic carbocycles. The van der Waals surface area contributed by atoms with Crippen LogP contribution in [0.15, 0.2) is 152 Å². The molecule has 0 radical (unpaired) electrons. The zero-order valence-electron chi connectivity index (χ0n) is 37.3. The quantitative estimate of drug-likeness (QED) is 0.163. The second-order valence-electron chi connectivity index (χ2n) is 20.4. The zero-order valence-corrected chi connectivity index (χ0v) is 38.1. The van der Waals surface area contributed by atoms with E-state index < -0.39 is 0 Å². The molecule has 0 saturated carbocycles. The molecule has 4 heteroatoms. The predicted octanol–water partition coefficient (Wildman–Crippen LogP) is 14.5. The fourth-order valence-corrected chi connectivity index (χ4v) is 10.6. The molecule has 2 aliphatic rings. The fraction of sp³-hybridized carbons (Fsp3) is 0.228. The number of hydrogen-bond donors (Lipinski definition) is 0. The van der Waals surface area contributed by atoms with E-state index in [0.29, 0.717) is 0 Å². The average molecular weight is 811 g/mol. The monoisotopic (exact) mass is 810 g/mol. The van der Waals surface area contributed by atoms with E-state index in [4.69, 9.17) is 0 Å².